The van der Waals surface area contributed by atoms with Crippen LogP contribution in [0.15, 0.2) is 53.4 Å². The van der Waals surface area contributed by atoms with Gasteiger partial charge in [-0.05, 0) is 24.6 Å². The molecule has 0 saturated heterocycles. The van der Waals surface area contributed by atoms with Crippen molar-refractivity contribution in [3.63, 3.8) is 0 Å². The number of nitro groups is 1. The molecule has 0 saturated carbocycles. The number of sulfonamides is 1. The average Bonchev–Trinajstić information content (AvgIpc) is 2.61. The third kappa shape index (κ3) is 5.75. The van der Waals surface area contributed by atoms with Crippen molar-refractivity contribution in [2.75, 3.05) is 6.54 Å². The normalized spacial score (nSPS) is 12.4. The zero-order valence-electron chi connectivity index (χ0n) is 14.3. The SMILES string of the molecule is C[C@H](OC(=O)CCNS(=O)(=O)c1ccccc1Cl)c1cccc([N+](=O)[O-])c1. The number of carbonyl (C=O) groups is 1. The molecule has 0 amide bonds. The van der Waals surface area contributed by atoms with E-state index in [0.717, 1.165) is 0 Å². The number of esters is 1. The molecule has 2 rings (SSSR count). The van der Waals surface area contributed by atoms with Crippen LogP contribution in [0.3, 0.4) is 0 Å². The third-order valence-electron chi connectivity index (χ3n) is 3.61. The Morgan fingerprint density at radius 3 is 2.63 bits per heavy atom. The molecule has 10 heteroatoms. The Bertz CT molecular complexity index is 948. The minimum Gasteiger partial charge on any atom is -0.458 e. The first kappa shape index (κ1) is 20.8. The highest BCUT2D eigenvalue weighted by atomic mass is 35.5. The molecular formula is C17H17ClN2O6S. The van der Waals surface area contributed by atoms with Gasteiger partial charge in [-0.2, -0.15) is 0 Å². The highest BCUT2D eigenvalue weighted by Gasteiger charge is 2.19. The molecule has 0 spiro atoms. The summed E-state index contributed by atoms with van der Waals surface area (Å²) in [6, 6.07) is 11.7. The van der Waals surface area contributed by atoms with Crippen LogP contribution in [0.1, 0.15) is 25.0 Å². The lowest BCUT2D eigenvalue weighted by Gasteiger charge is -2.14. The number of carbonyl (C=O) groups excluding carboxylic acids is 1. The van der Waals surface area contributed by atoms with Gasteiger partial charge in [-0.1, -0.05) is 35.9 Å². The lowest BCUT2D eigenvalue weighted by Crippen LogP contribution is -2.27. The van der Waals surface area contributed by atoms with Crippen LogP contribution in [0.4, 0.5) is 5.69 Å². The van der Waals surface area contributed by atoms with Crippen LogP contribution in [-0.4, -0.2) is 25.9 Å². The molecule has 0 aliphatic rings. The molecule has 0 aliphatic carbocycles. The van der Waals surface area contributed by atoms with Crippen molar-refractivity contribution in [3.8, 4) is 0 Å². The number of nitro benzene ring substituents is 1. The zero-order chi connectivity index (χ0) is 20.0. The van der Waals surface area contributed by atoms with E-state index in [1.165, 1.54) is 36.4 Å². The summed E-state index contributed by atoms with van der Waals surface area (Å²) in [6.45, 7) is 1.40. The second-order valence-corrected chi connectivity index (χ2v) is 7.70. The van der Waals surface area contributed by atoms with Crippen LogP contribution >= 0.6 is 11.6 Å². The summed E-state index contributed by atoms with van der Waals surface area (Å²) in [4.78, 5) is 22.1. The van der Waals surface area contributed by atoms with Gasteiger partial charge >= 0.3 is 5.97 Å². The van der Waals surface area contributed by atoms with E-state index in [1.807, 2.05) is 0 Å². The topological polar surface area (TPSA) is 116 Å². The summed E-state index contributed by atoms with van der Waals surface area (Å²) in [5, 5.41) is 10.9. The van der Waals surface area contributed by atoms with Gasteiger partial charge in [-0.15, -0.1) is 0 Å². The van der Waals surface area contributed by atoms with Crippen LogP contribution in [0, 0.1) is 10.1 Å². The molecule has 0 heterocycles. The van der Waals surface area contributed by atoms with E-state index in [0.29, 0.717) is 5.56 Å². The summed E-state index contributed by atoms with van der Waals surface area (Å²) >= 11 is 5.86. The molecule has 2 aromatic rings. The first-order valence-corrected chi connectivity index (χ1v) is 9.75. The number of nitrogens with one attached hydrogen (secondary N) is 1. The molecule has 144 valence electrons. The molecular weight excluding hydrogens is 396 g/mol. The van der Waals surface area contributed by atoms with E-state index < -0.39 is 27.0 Å². The Balaban J connectivity index is 1.90. The number of rotatable bonds is 8. The summed E-state index contributed by atoms with van der Waals surface area (Å²) < 4.78 is 31.8. The van der Waals surface area contributed by atoms with Crippen LogP contribution in [0.25, 0.3) is 0 Å². The summed E-state index contributed by atoms with van der Waals surface area (Å²) in [5.41, 5.74) is 0.358. The number of non-ortho nitro benzene ring substituents is 1. The highest BCUT2D eigenvalue weighted by molar-refractivity contribution is 7.89. The van der Waals surface area contributed by atoms with Gasteiger partial charge in [0.2, 0.25) is 10.0 Å². The first-order chi connectivity index (χ1) is 12.7. The zero-order valence-corrected chi connectivity index (χ0v) is 15.9. The summed E-state index contributed by atoms with van der Waals surface area (Å²) in [5.74, 6) is -0.643. The summed E-state index contributed by atoms with van der Waals surface area (Å²) in [6.07, 6.45) is -0.916. The fourth-order valence-electron chi connectivity index (χ4n) is 2.24. The Kier molecular flexibility index (Phi) is 6.89. The predicted octanol–water partition coefficient (Wildman–Crippen LogP) is 3.22. The van der Waals surface area contributed by atoms with Crippen LogP contribution < -0.4 is 4.72 Å². The molecule has 0 bridgehead atoms. The van der Waals surface area contributed by atoms with E-state index in [1.54, 1.807) is 19.1 Å². The second-order valence-electron chi connectivity index (χ2n) is 5.56. The standard InChI is InChI=1S/C17H17ClN2O6S/c1-12(13-5-4-6-14(11-13)20(22)23)26-17(21)9-10-19-27(24,25)16-8-3-2-7-15(16)18/h2-8,11-12,19H,9-10H2,1H3/t12-/m0/s1. The van der Waals surface area contributed by atoms with Crippen LogP contribution in [0.2, 0.25) is 5.02 Å². The minimum atomic E-state index is -3.85. The smallest absolute Gasteiger partial charge is 0.307 e. The van der Waals surface area contributed by atoms with Gasteiger partial charge in [0.05, 0.1) is 16.4 Å². The monoisotopic (exact) mass is 412 g/mol. The fraction of sp³-hybridized carbons (Fsp3) is 0.235. The molecule has 1 N–H and O–H groups in total. The lowest BCUT2D eigenvalue weighted by atomic mass is 10.1. The van der Waals surface area contributed by atoms with Gasteiger partial charge in [0, 0.05) is 18.7 Å². The number of ether oxygens (including phenoxy) is 1. The van der Waals surface area contributed by atoms with Crippen molar-refractivity contribution < 1.29 is 22.9 Å². The number of hydrogen-bond donors (Lipinski definition) is 1. The minimum absolute atomic E-state index is 0.0758. The van der Waals surface area contributed by atoms with Crippen molar-refractivity contribution in [2.24, 2.45) is 0 Å². The maximum Gasteiger partial charge on any atom is 0.307 e. The third-order valence-corrected chi connectivity index (χ3v) is 5.57. The van der Waals surface area contributed by atoms with Crippen LogP contribution in [0.5, 0.6) is 0 Å². The Morgan fingerprint density at radius 1 is 1.26 bits per heavy atom. The molecule has 0 unspecified atom stereocenters. The highest BCUT2D eigenvalue weighted by Crippen LogP contribution is 2.22. The van der Waals surface area contributed by atoms with Gasteiger partial charge in [-0.3, -0.25) is 14.9 Å². The molecule has 27 heavy (non-hydrogen) atoms. The van der Waals surface area contributed by atoms with Gasteiger partial charge in [0.1, 0.15) is 11.0 Å². The van der Waals surface area contributed by atoms with E-state index in [-0.39, 0.29) is 28.6 Å². The number of nitrogens with zero attached hydrogens (tertiary/aromatic N) is 1. The lowest BCUT2D eigenvalue weighted by molar-refractivity contribution is -0.385. The molecule has 0 aromatic heterocycles. The van der Waals surface area contributed by atoms with Crippen molar-refractivity contribution >= 4 is 33.3 Å². The Hall–Kier alpha value is -2.49. The predicted molar refractivity (Wildman–Crippen MR) is 98.9 cm³/mol. The van der Waals surface area contributed by atoms with E-state index in [9.17, 15) is 23.3 Å². The number of halogens is 1. The van der Waals surface area contributed by atoms with E-state index in [2.05, 4.69) is 4.72 Å². The Morgan fingerprint density at radius 2 is 1.96 bits per heavy atom. The average molecular weight is 413 g/mol. The van der Waals surface area contributed by atoms with Crippen molar-refractivity contribution in [1.29, 1.82) is 0 Å². The fourth-order valence-corrected chi connectivity index (χ4v) is 3.79. The van der Waals surface area contributed by atoms with Crippen molar-refractivity contribution in [2.45, 2.75) is 24.3 Å². The van der Waals surface area contributed by atoms with Gasteiger partial charge in [-0.25, -0.2) is 13.1 Å². The molecule has 8 nitrogen and oxygen atoms in total. The summed E-state index contributed by atoms with van der Waals surface area (Å²) in [7, 11) is -3.85. The molecule has 1 atom stereocenters. The van der Waals surface area contributed by atoms with Crippen molar-refractivity contribution in [1.82, 2.24) is 4.72 Å². The van der Waals surface area contributed by atoms with Crippen molar-refractivity contribution in [3.05, 3.63) is 69.2 Å². The van der Waals surface area contributed by atoms with Gasteiger partial charge in [0.15, 0.2) is 0 Å². The maximum atomic E-state index is 12.2. The number of benzene rings is 2. The molecule has 2 aromatic carbocycles. The van der Waals surface area contributed by atoms with Gasteiger partial charge in [0.25, 0.3) is 5.69 Å². The molecule has 0 aliphatic heterocycles. The quantitative estimate of drug-likeness (QED) is 0.404. The molecule has 0 radical (unpaired) electrons. The van der Waals surface area contributed by atoms with Gasteiger partial charge < -0.3 is 4.74 Å². The second kappa shape index (κ2) is 8.94. The first-order valence-electron chi connectivity index (χ1n) is 7.89. The van der Waals surface area contributed by atoms with Crippen LogP contribution in [-0.2, 0) is 19.6 Å². The molecule has 0 fully saturated rings. The Labute approximate surface area is 161 Å². The maximum absolute atomic E-state index is 12.2. The van der Waals surface area contributed by atoms with E-state index in [4.69, 9.17) is 16.3 Å². The van der Waals surface area contributed by atoms with E-state index >= 15 is 0 Å². The number of hydrogen-bond acceptors (Lipinski definition) is 6. The largest absolute Gasteiger partial charge is 0.458 e.